The van der Waals surface area contributed by atoms with E-state index in [2.05, 4.69) is 5.43 Å². The number of hydrogen-bond acceptors (Lipinski definition) is 9. The monoisotopic (exact) mass is 793 g/mol. The average Bonchev–Trinajstić information content (AvgIpc) is 3.57. The molecule has 0 unspecified atom stereocenters. The number of amides is 4. The Morgan fingerprint density at radius 2 is 1.64 bits per heavy atom. The number of phenolic OH excluding ortho intramolecular Hbond substituents is 1. The van der Waals surface area contributed by atoms with E-state index in [1.165, 1.54) is 31.1 Å². The second-order valence-corrected chi connectivity index (χ2v) is 15.3. The van der Waals surface area contributed by atoms with E-state index in [1.807, 2.05) is 6.08 Å². The SMILES string of the molecule is CCOc1cc([C@H]2C3=CC[C@@H]4C(=O)N(c5ccc(C(C)=O)cc5)C(=O)[C@@H]4[C@@H]3C[C@H]3C(=O)N(Nc4ccc(Cl)cc4Cl)C(=O)[C@@]23c2ccc(OC)cc2)ccc1O. The number of carbonyl (C=O) groups excluding carboxylic acids is 5. The number of ether oxygens (including phenoxy) is 2. The van der Waals surface area contributed by atoms with E-state index in [1.54, 1.807) is 79.7 Å². The highest BCUT2D eigenvalue weighted by molar-refractivity contribution is 6.36. The van der Waals surface area contributed by atoms with Crippen molar-refractivity contribution in [3.05, 3.63) is 123 Å². The van der Waals surface area contributed by atoms with Crippen molar-refractivity contribution >= 4 is 64.0 Å². The number of hydrogen-bond donors (Lipinski definition) is 2. The Bertz CT molecular complexity index is 2350. The first-order chi connectivity index (χ1) is 26.9. The van der Waals surface area contributed by atoms with E-state index in [0.717, 1.165) is 10.6 Å². The van der Waals surface area contributed by atoms with Gasteiger partial charge in [-0.1, -0.05) is 53.1 Å². The normalized spacial score (nSPS) is 25.4. The molecule has 3 fully saturated rings. The number of Topliss-reactive ketones (excluding diaryl/α,β-unsaturated/α-hetero) is 1. The second kappa shape index (κ2) is 14.1. The van der Waals surface area contributed by atoms with E-state index >= 15 is 4.79 Å². The first-order valence-corrected chi connectivity index (χ1v) is 19.0. The van der Waals surface area contributed by atoms with Gasteiger partial charge in [0, 0.05) is 16.5 Å². The van der Waals surface area contributed by atoms with Crippen LogP contribution in [0.3, 0.4) is 0 Å². The molecule has 2 aliphatic carbocycles. The summed E-state index contributed by atoms with van der Waals surface area (Å²) in [6.07, 6.45) is 2.23. The van der Waals surface area contributed by atoms with E-state index < -0.39 is 52.7 Å². The summed E-state index contributed by atoms with van der Waals surface area (Å²) in [7, 11) is 1.53. The number of benzene rings is 4. The summed E-state index contributed by atoms with van der Waals surface area (Å²) >= 11 is 12.7. The van der Waals surface area contributed by atoms with Crippen molar-refractivity contribution in [1.82, 2.24) is 5.01 Å². The number of nitrogens with zero attached hydrogens (tertiary/aromatic N) is 2. The van der Waals surface area contributed by atoms with Crippen LogP contribution in [-0.2, 0) is 24.6 Å². The maximum atomic E-state index is 15.5. The summed E-state index contributed by atoms with van der Waals surface area (Å²) in [6.45, 7) is 3.48. The van der Waals surface area contributed by atoms with Crippen molar-refractivity contribution in [2.24, 2.45) is 23.7 Å². The molecule has 6 atom stereocenters. The molecule has 2 heterocycles. The molecule has 1 saturated carbocycles. The van der Waals surface area contributed by atoms with Gasteiger partial charge in [0.1, 0.15) is 5.75 Å². The topological polar surface area (TPSA) is 143 Å². The number of anilines is 2. The molecule has 0 aromatic heterocycles. The molecule has 4 aromatic rings. The minimum absolute atomic E-state index is 0.0686. The Hall–Kier alpha value is -5.65. The lowest BCUT2D eigenvalue weighted by atomic mass is 9.49. The van der Waals surface area contributed by atoms with Gasteiger partial charge in [0.15, 0.2) is 17.3 Å². The fraction of sp³-hybridized carbons (Fsp3) is 0.279. The number of rotatable bonds is 9. The second-order valence-electron chi connectivity index (χ2n) is 14.5. The van der Waals surface area contributed by atoms with Gasteiger partial charge in [0.2, 0.25) is 11.8 Å². The third-order valence-corrected chi connectivity index (χ3v) is 12.3. The minimum atomic E-state index is -1.58. The molecular weight excluding hydrogens is 757 g/mol. The number of halogens is 2. The predicted molar refractivity (Wildman–Crippen MR) is 209 cm³/mol. The van der Waals surface area contributed by atoms with Crippen LogP contribution < -0.4 is 19.8 Å². The van der Waals surface area contributed by atoms with Gasteiger partial charge in [-0.2, -0.15) is 5.01 Å². The lowest BCUT2D eigenvalue weighted by Crippen LogP contribution is -2.53. The molecule has 56 heavy (non-hydrogen) atoms. The Morgan fingerprint density at radius 1 is 0.911 bits per heavy atom. The predicted octanol–water partition coefficient (Wildman–Crippen LogP) is 7.50. The van der Waals surface area contributed by atoms with Crippen LogP contribution in [0.4, 0.5) is 11.4 Å². The van der Waals surface area contributed by atoms with Gasteiger partial charge < -0.3 is 14.6 Å². The molecule has 13 heteroatoms. The van der Waals surface area contributed by atoms with Gasteiger partial charge >= 0.3 is 0 Å². The molecule has 2 saturated heterocycles. The molecule has 11 nitrogen and oxygen atoms in total. The van der Waals surface area contributed by atoms with Crippen LogP contribution >= 0.6 is 23.2 Å². The van der Waals surface area contributed by atoms with Crippen LogP contribution in [0.15, 0.2) is 96.6 Å². The highest BCUT2D eigenvalue weighted by Gasteiger charge is 2.70. The molecule has 0 bridgehead atoms. The van der Waals surface area contributed by atoms with Crippen LogP contribution in [0.5, 0.6) is 17.2 Å². The smallest absolute Gasteiger partial charge is 0.260 e. The number of phenols is 1. The van der Waals surface area contributed by atoms with Crippen molar-refractivity contribution in [3.8, 4) is 17.2 Å². The zero-order chi connectivity index (χ0) is 39.6. The number of allylic oxidation sites excluding steroid dienone is 2. The average molecular weight is 795 g/mol. The molecule has 0 radical (unpaired) electrons. The third-order valence-electron chi connectivity index (χ3n) is 11.7. The number of ketones is 1. The maximum Gasteiger partial charge on any atom is 0.260 e. The molecular formula is C43H37Cl2N3O8. The Labute approximate surface area is 332 Å². The Balaban J connectivity index is 1.32. The first-order valence-electron chi connectivity index (χ1n) is 18.3. The fourth-order valence-electron chi connectivity index (χ4n) is 9.30. The number of nitrogens with one attached hydrogen (secondary N) is 1. The molecule has 286 valence electrons. The molecule has 8 rings (SSSR count). The van der Waals surface area contributed by atoms with E-state index in [-0.39, 0.29) is 53.3 Å². The summed E-state index contributed by atoms with van der Waals surface area (Å²) in [4.78, 5) is 72.4. The van der Waals surface area contributed by atoms with Gasteiger partial charge in [-0.3, -0.25) is 34.3 Å². The molecule has 2 N–H and O–H groups in total. The van der Waals surface area contributed by atoms with Crippen molar-refractivity contribution in [2.75, 3.05) is 24.0 Å². The van der Waals surface area contributed by atoms with Crippen molar-refractivity contribution in [2.45, 2.75) is 38.0 Å². The summed E-state index contributed by atoms with van der Waals surface area (Å²) in [5.74, 6) is -5.49. The van der Waals surface area contributed by atoms with Gasteiger partial charge in [-0.25, -0.2) is 0 Å². The minimum Gasteiger partial charge on any atom is -0.504 e. The van der Waals surface area contributed by atoms with Crippen LogP contribution in [0, 0.1) is 23.7 Å². The largest absolute Gasteiger partial charge is 0.504 e. The van der Waals surface area contributed by atoms with Gasteiger partial charge in [0.25, 0.3) is 11.8 Å². The molecule has 4 aromatic carbocycles. The molecule has 4 aliphatic rings. The zero-order valence-electron chi connectivity index (χ0n) is 30.6. The molecule has 0 spiro atoms. The maximum absolute atomic E-state index is 15.5. The van der Waals surface area contributed by atoms with Crippen LogP contribution in [0.1, 0.15) is 54.1 Å². The van der Waals surface area contributed by atoms with Crippen molar-refractivity contribution < 1.29 is 38.6 Å². The third kappa shape index (κ3) is 5.66. The van der Waals surface area contributed by atoms with Crippen molar-refractivity contribution in [1.29, 1.82) is 0 Å². The van der Waals surface area contributed by atoms with Gasteiger partial charge in [-0.05, 0) is 110 Å². The van der Waals surface area contributed by atoms with Crippen LogP contribution in [0.2, 0.25) is 10.0 Å². The van der Waals surface area contributed by atoms with Gasteiger partial charge in [0.05, 0.1) is 53.3 Å². The van der Waals surface area contributed by atoms with Crippen molar-refractivity contribution in [3.63, 3.8) is 0 Å². The summed E-state index contributed by atoms with van der Waals surface area (Å²) in [5.41, 5.74) is 4.31. The van der Waals surface area contributed by atoms with E-state index in [4.69, 9.17) is 32.7 Å². The van der Waals surface area contributed by atoms with E-state index in [9.17, 15) is 24.3 Å². The number of hydrazine groups is 1. The summed E-state index contributed by atoms with van der Waals surface area (Å²) in [5, 5.41) is 12.4. The highest BCUT2D eigenvalue weighted by Crippen LogP contribution is 2.64. The van der Waals surface area contributed by atoms with Gasteiger partial charge in [-0.15, -0.1) is 0 Å². The lowest BCUT2D eigenvalue weighted by molar-refractivity contribution is -0.138. The number of methoxy groups -OCH3 is 1. The zero-order valence-corrected chi connectivity index (χ0v) is 32.1. The molecule has 4 amide bonds. The molecule has 2 aliphatic heterocycles. The Morgan fingerprint density at radius 3 is 2.30 bits per heavy atom. The first kappa shape index (κ1) is 37.3. The summed E-state index contributed by atoms with van der Waals surface area (Å²) in [6, 6.07) is 22.9. The highest BCUT2D eigenvalue weighted by atomic mass is 35.5. The standard InChI is InChI=1S/C43H37Cl2N3O8/c1-4-56-36-19-24(7-18-35(36)50)38-29-15-16-30-37(41(53)47(39(30)51)27-11-5-23(6-12-27)22(2)49)31(29)21-32-40(52)48(46-34-17-10-26(44)20-33(34)45)42(54)43(32,38)25-8-13-28(55-3)14-9-25/h5-15,17-20,30-32,37-38,46,50H,4,16,21H2,1-3H3/t30-,31+,32-,37-,38-,43+/m0/s1. The van der Waals surface area contributed by atoms with Crippen LogP contribution in [0.25, 0.3) is 0 Å². The lowest BCUT2D eigenvalue weighted by Gasteiger charge is -2.50. The number of imide groups is 2. The van der Waals surface area contributed by atoms with Crippen LogP contribution in [-0.4, -0.2) is 53.2 Å². The fourth-order valence-corrected chi connectivity index (χ4v) is 9.75. The quantitative estimate of drug-likeness (QED) is 0.100. The summed E-state index contributed by atoms with van der Waals surface area (Å²) < 4.78 is 11.3. The number of aromatic hydroxyl groups is 1. The Kier molecular flexibility index (Phi) is 9.41. The number of fused-ring (bicyclic) bond motifs is 4. The van der Waals surface area contributed by atoms with E-state index in [0.29, 0.717) is 33.1 Å². The number of carbonyl (C=O) groups is 5.